The number of rotatable bonds is 4. The molecule has 1 atom stereocenters. The van der Waals surface area contributed by atoms with Crippen molar-refractivity contribution in [3.8, 4) is 0 Å². The standard InChI is InChI=1S/C9H11N3O3S/c1-9(3-2-7(14)15-9)6(13)4-16-8-10-5-11-12-8/h5H,2-4H2,1H3,(H,10,11,12)/t9-/m1/s1. The van der Waals surface area contributed by atoms with Gasteiger partial charge in [-0.3, -0.25) is 14.7 Å². The molecular formula is C9H11N3O3S. The second-order valence-electron chi connectivity index (χ2n) is 3.71. The van der Waals surface area contributed by atoms with Crippen LogP contribution in [0.15, 0.2) is 11.5 Å². The van der Waals surface area contributed by atoms with Crippen molar-refractivity contribution in [2.75, 3.05) is 5.75 Å². The summed E-state index contributed by atoms with van der Waals surface area (Å²) in [5.74, 6) is -0.181. The van der Waals surface area contributed by atoms with E-state index < -0.39 is 5.60 Å². The Hall–Kier alpha value is -1.37. The number of carbonyl (C=O) groups excluding carboxylic acids is 2. The molecule has 0 bridgehead atoms. The molecule has 2 heterocycles. The lowest BCUT2D eigenvalue weighted by molar-refractivity contribution is -0.154. The molecule has 1 aliphatic heterocycles. The van der Waals surface area contributed by atoms with Gasteiger partial charge in [0.25, 0.3) is 0 Å². The maximum atomic E-state index is 11.8. The predicted molar refractivity (Wildman–Crippen MR) is 55.8 cm³/mol. The second-order valence-corrected chi connectivity index (χ2v) is 4.67. The molecule has 7 heteroatoms. The zero-order valence-electron chi connectivity index (χ0n) is 8.73. The van der Waals surface area contributed by atoms with Gasteiger partial charge in [-0.05, 0) is 6.92 Å². The van der Waals surface area contributed by atoms with E-state index in [1.54, 1.807) is 6.92 Å². The Morgan fingerprint density at radius 2 is 2.56 bits per heavy atom. The molecule has 2 rings (SSSR count). The Balaban J connectivity index is 1.91. The summed E-state index contributed by atoms with van der Waals surface area (Å²) in [6.45, 7) is 1.65. The monoisotopic (exact) mass is 241 g/mol. The van der Waals surface area contributed by atoms with E-state index in [0.717, 1.165) is 0 Å². The highest BCUT2D eigenvalue weighted by molar-refractivity contribution is 7.99. The molecule has 1 N–H and O–H groups in total. The van der Waals surface area contributed by atoms with Crippen LogP contribution in [0.5, 0.6) is 0 Å². The number of nitrogens with zero attached hydrogens (tertiary/aromatic N) is 2. The number of cyclic esters (lactones) is 1. The minimum Gasteiger partial charge on any atom is -0.451 e. The molecule has 6 nitrogen and oxygen atoms in total. The van der Waals surface area contributed by atoms with Crippen molar-refractivity contribution < 1.29 is 14.3 Å². The molecule has 16 heavy (non-hydrogen) atoms. The molecule has 0 unspecified atom stereocenters. The van der Waals surface area contributed by atoms with Gasteiger partial charge < -0.3 is 4.74 Å². The highest BCUT2D eigenvalue weighted by Crippen LogP contribution is 2.28. The van der Waals surface area contributed by atoms with E-state index in [0.29, 0.717) is 18.0 Å². The van der Waals surface area contributed by atoms with Crippen molar-refractivity contribution in [2.45, 2.75) is 30.5 Å². The number of H-pyrrole nitrogens is 1. The molecule has 1 fully saturated rings. The minimum atomic E-state index is -0.954. The van der Waals surface area contributed by atoms with Gasteiger partial charge in [-0.1, -0.05) is 11.8 Å². The van der Waals surface area contributed by atoms with Gasteiger partial charge in [0, 0.05) is 12.8 Å². The van der Waals surface area contributed by atoms with Crippen LogP contribution < -0.4 is 0 Å². The van der Waals surface area contributed by atoms with Crippen molar-refractivity contribution in [2.24, 2.45) is 0 Å². The van der Waals surface area contributed by atoms with Gasteiger partial charge in [-0.2, -0.15) is 5.10 Å². The molecule has 0 amide bonds. The number of nitrogens with one attached hydrogen (secondary N) is 1. The highest BCUT2D eigenvalue weighted by atomic mass is 32.2. The third-order valence-corrected chi connectivity index (χ3v) is 3.34. The topological polar surface area (TPSA) is 84.9 Å². The average molecular weight is 241 g/mol. The number of ketones is 1. The largest absolute Gasteiger partial charge is 0.451 e. The van der Waals surface area contributed by atoms with Crippen LogP contribution in [0.4, 0.5) is 0 Å². The Bertz CT molecular complexity index is 406. The molecular weight excluding hydrogens is 230 g/mol. The molecule has 0 saturated carbocycles. The number of hydrogen-bond acceptors (Lipinski definition) is 6. The van der Waals surface area contributed by atoms with E-state index in [2.05, 4.69) is 15.2 Å². The molecule has 1 saturated heterocycles. The predicted octanol–water partition coefficient (Wildman–Crippen LogP) is 0.562. The highest BCUT2D eigenvalue weighted by Gasteiger charge is 2.42. The van der Waals surface area contributed by atoms with Crippen molar-refractivity contribution in [1.29, 1.82) is 0 Å². The summed E-state index contributed by atoms with van der Waals surface area (Å²) in [4.78, 5) is 26.7. The summed E-state index contributed by atoms with van der Waals surface area (Å²) in [6.07, 6.45) is 2.15. The number of aromatic nitrogens is 3. The maximum Gasteiger partial charge on any atom is 0.306 e. The van der Waals surface area contributed by atoms with E-state index in [1.807, 2.05) is 0 Å². The third kappa shape index (κ3) is 2.24. The van der Waals surface area contributed by atoms with Crippen LogP contribution in [0, 0.1) is 0 Å². The number of ether oxygens (including phenoxy) is 1. The average Bonchev–Trinajstić information content (AvgIpc) is 2.85. The fourth-order valence-electron chi connectivity index (χ4n) is 1.44. The summed E-state index contributed by atoms with van der Waals surface area (Å²) in [7, 11) is 0. The molecule has 0 aliphatic carbocycles. The van der Waals surface area contributed by atoms with Crippen molar-refractivity contribution in [3.05, 3.63) is 6.33 Å². The first kappa shape index (κ1) is 11.1. The van der Waals surface area contributed by atoms with E-state index >= 15 is 0 Å². The van der Waals surface area contributed by atoms with Gasteiger partial charge in [0.2, 0.25) is 0 Å². The number of carbonyl (C=O) groups is 2. The lowest BCUT2D eigenvalue weighted by Gasteiger charge is -2.19. The summed E-state index contributed by atoms with van der Waals surface area (Å²) in [6, 6.07) is 0. The lowest BCUT2D eigenvalue weighted by atomic mass is 9.98. The normalized spacial score (nSPS) is 24.4. The van der Waals surface area contributed by atoms with Crippen LogP contribution in [0.25, 0.3) is 0 Å². The Morgan fingerprint density at radius 3 is 3.12 bits per heavy atom. The first-order valence-electron chi connectivity index (χ1n) is 4.83. The second kappa shape index (κ2) is 4.25. The van der Waals surface area contributed by atoms with Gasteiger partial charge in [0.05, 0.1) is 5.75 Å². The molecule has 86 valence electrons. The quantitative estimate of drug-likeness (QED) is 0.612. The maximum absolute atomic E-state index is 11.8. The van der Waals surface area contributed by atoms with E-state index in [9.17, 15) is 9.59 Å². The summed E-state index contributed by atoms with van der Waals surface area (Å²) in [5, 5.41) is 6.90. The molecule has 1 aromatic rings. The lowest BCUT2D eigenvalue weighted by Crippen LogP contribution is -2.36. The smallest absolute Gasteiger partial charge is 0.306 e. The zero-order chi connectivity index (χ0) is 11.6. The summed E-state index contributed by atoms with van der Waals surface area (Å²) >= 11 is 1.25. The summed E-state index contributed by atoms with van der Waals surface area (Å²) < 4.78 is 5.03. The number of Topliss-reactive ketones (excluding diaryl/α,β-unsaturated/α-hetero) is 1. The van der Waals surface area contributed by atoms with Gasteiger partial charge in [0.15, 0.2) is 16.5 Å². The molecule has 0 radical (unpaired) electrons. The van der Waals surface area contributed by atoms with Crippen LogP contribution in [0.1, 0.15) is 19.8 Å². The number of esters is 1. The van der Waals surface area contributed by atoms with Crippen LogP contribution in [-0.4, -0.2) is 38.3 Å². The van der Waals surface area contributed by atoms with E-state index in [-0.39, 0.29) is 17.5 Å². The van der Waals surface area contributed by atoms with Crippen LogP contribution >= 0.6 is 11.8 Å². The first-order chi connectivity index (χ1) is 7.60. The fraction of sp³-hybridized carbons (Fsp3) is 0.556. The summed E-state index contributed by atoms with van der Waals surface area (Å²) in [5.41, 5.74) is -0.954. The van der Waals surface area contributed by atoms with Crippen LogP contribution in [-0.2, 0) is 14.3 Å². The van der Waals surface area contributed by atoms with Crippen molar-refractivity contribution in [3.63, 3.8) is 0 Å². The Kier molecular flexibility index (Phi) is 2.95. The number of hydrogen-bond donors (Lipinski definition) is 1. The van der Waals surface area contributed by atoms with Gasteiger partial charge in [0.1, 0.15) is 6.33 Å². The van der Waals surface area contributed by atoms with Crippen LogP contribution in [0.3, 0.4) is 0 Å². The third-order valence-electron chi connectivity index (χ3n) is 2.47. The van der Waals surface area contributed by atoms with E-state index in [4.69, 9.17) is 4.74 Å². The minimum absolute atomic E-state index is 0.0975. The van der Waals surface area contributed by atoms with E-state index in [1.165, 1.54) is 18.1 Å². The van der Waals surface area contributed by atoms with Gasteiger partial charge >= 0.3 is 5.97 Å². The molecule has 0 spiro atoms. The van der Waals surface area contributed by atoms with Crippen LogP contribution in [0.2, 0.25) is 0 Å². The molecule has 0 aromatic carbocycles. The number of thioether (sulfide) groups is 1. The fourth-order valence-corrected chi connectivity index (χ4v) is 2.25. The van der Waals surface area contributed by atoms with Gasteiger partial charge in [-0.25, -0.2) is 4.98 Å². The molecule has 1 aromatic heterocycles. The van der Waals surface area contributed by atoms with Crippen molar-refractivity contribution >= 4 is 23.5 Å². The number of aromatic amines is 1. The zero-order valence-corrected chi connectivity index (χ0v) is 9.54. The first-order valence-corrected chi connectivity index (χ1v) is 5.82. The Morgan fingerprint density at radius 1 is 1.75 bits per heavy atom. The molecule has 1 aliphatic rings. The van der Waals surface area contributed by atoms with Crippen molar-refractivity contribution in [1.82, 2.24) is 15.2 Å². The van der Waals surface area contributed by atoms with Gasteiger partial charge in [-0.15, -0.1) is 0 Å². The SMILES string of the molecule is C[C@]1(C(=O)CSc2ncn[nH]2)CCC(=O)O1. The Labute approximate surface area is 96.2 Å².